The molecule has 2 rings (SSSR count). The van der Waals surface area contributed by atoms with E-state index in [0.29, 0.717) is 12.5 Å². The van der Waals surface area contributed by atoms with E-state index >= 15 is 0 Å². The number of hydrogen-bond acceptors (Lipinski definition) is 4. The lowest BCUT2D eigenvalue weighted by atomic mass is 10.2. The zero-order valence-electron chi connectivity index (χ0n) is 10.1. The van der Waals surface area contributed by atoms with Crippen LogP contribution in [0.3, 0.4) is 0 Å². The maximum Gasteiger partial charge on any atom is 0.101 e. The fraction of sp³-hybridized carbons (Fsp3) is 0.818. The second kappa shape index (κ2) is 6.33. The lowest BCUT2D eigenvalue weighted by Crippen LogP contribution is -2.19. The molecular formula is C11H18ClN3O2. The topological polar surface area (TPSA) is 49.2 Å². The van der Waals surface area contributed by atoms with Crippen LogP contribution in [0.2, 0.25) is 0 Å². The number of ether oxygens (including phenoxy) is 2. The Labute approximate surface area is 106 Å². The summed E-state index contributed by atoms with van der Waals surface area (Å²) in [6.07, 6.45) is 3.29. The highest BCUT2D eigenvalue weighted by Crippen LogP contribution is 2.16. The molecule has 2 heterocycles. The maximum absolute atomic E-state index is 5.85. The van der Waals surface area contributed by atoms with Crippen LogP contribution in [-0.2, 0) is 28.3 Å². The Balaban J connectivity index is 2.05. The van der Waals surface area contributed by atoms with Gasteiger partial charge < -0.3 is 9.47 Å². The highest BCUT2D eigenvalue weighted by atomic mass is 35.5. The molecule has 1 fully saturated rings. The summed E-state index contributed by atoms with van der Waals surface area (Å²) in [5, 5.41) is 8.25. The Hall–Kier alpha value is -0.650. The third-order valence-corrected chi connectivity index (χ3v) is 3.24. The van der Waals surface area contributed by atoms with Crippen LogP contribution in [0, 0.1) is 0 Å². The lowest BCUT2D eigenvalue weighted by Gasteiger charge is -2.11. The third-order valence-electron chi connectivity index (χ3n) is 2.99. The average molecular weight is 260 g/mol. The monoisotopic (exact) mass is 259 g/mol. The Morgan fingerprint density at radius 3 is 3.12 bits per heavy atom. The van der Waals surface area contributed by atoms with Crippen LogP contribution in [0.15, 0.2) is 0 Å². The molecule has 0 N–H and O–H groups in total. The summed E-state index contributed by atoms with van der Waals surface area (Å²) >= 11 is 5.85. The fourth-order valence-electron chi connectivity index (χ4n) is 2.07. The molecule has 0 aromatic carbocycles. The highest BCUT2D eigenvalue weighted by molar-refractivity contribution is 6.16. The molecule has 0 radical (unpaired) electrons. The predicted molar refractivity (Wildman–Crippen MR) is 64.1 cm³/mol. The van der Waals surface area contributed by atoms with Crippen LogP contribution in [0.1, 0.15) is 24.2 Å². The second-order valence-corrected chi connectivity index (χ2v) is 4.44. The van der Waals surface area contributed by atoms with E-state index in [9.17, 15) is 0 Å². The molecule has 1 aromatic rings. The summed E-state index contributed by atoms with van der Waals surface area (Å²) in [4.78, 5) is 0. The minimum Gasteiger partial charge on any atom is -0.384 e. The van der Waals surface area contributed by atoms with Crippen molar-refractivity contribution in [3.8, 4) is 0 Å². The van der Waals surface area contributed by atoms with Crippen LogP contribution in [0.4, 0.5) is 0 Å². The van der Waals surface area contributed by atoms with Crippen molar-refractivity contribution in [2.45, 2.75) is 37.8 Å². The van der Waals surface area contributed by atoms with Crippen molar-refractivity contribution in [3.63, 3.8) is 0 Å². The number of methoxy groups -OCH3 is 1. The van der Waals surface area contributed by atoms with Crippen molar-refractivity contribution in [2.75, 3.05) is 20.3 Å². The minimum atomic E-state index is 0.265. The molecule has 1 unspecified atom stereocenters. The van der Waals surface area contributed by atoms with Gasteiger partial charge in [-0.25, -0.2) is 4.68 Å². The Morgan fingerprint density at radius 2 is 2.47 bits per heavy atom. The van der Waals surface area contributed by atoms with E-state index < -0.39 is 0 Å². The molecule has 1 atom stereocenters. The van der Waals surface area contributed by atoms with Gasteiger partial charge in [0, 0.05) is 20.1 Å². The molecule has 96 valence electrons. The zero-order valence-corrected chi connectivity index (χ0v) is 10.8. The van der Waals surface area contributed by atoms with Crippen molar-refractivity contribution in [3.05, 3.63) is 11.4 Å². The van der Waals surface area contributed by atoms with Crippen LogP contribution >= 0.6 is 11.6 Å². The van der Waals surface area contributed by atoms with E-state index in [1.807, 2.05) is 4.68 Å². The van der Waals surface area contributed by atoms with E-state index in [1.165, 1.54) is 0 Å². The normalized spacial score (nSPS) is 20.0. The largest absolute Gasteiger partial charge is 0.384 e. The molecular weight excluding hydrogens is 242 g/mol. The van der Waals surface area contributed by atoms with Gasteiger partial charge in [0.15, 0.2) is 0 Å². The number of aromatic nitrogens is 3. The first-order chi connectivity index (χ1) is 8.35. The maximum atomic E-state index is 5.85. The molecule has 6 heteroatoms. The summed E-state index contributed by atoms with van der Waals surface area (Å²) < 4.78 is 12.6. The second-order valence-electron chi connectivity index (χ2n) is 4.18. The van der Waals surface area contributed by atoms with Crippen molar-refractivity contribution >= 4 is 11.6 Å². The van der Waals surface area contributed by atoms with Gasteiger partial charge in [-0.3, -0.25) is 0 Å². The average Bonchev–Trinajstić information content (AvgIpc) is 2.97. The van der Waals surface area contributed by atoms with Crippen LogP contribution < -0.4 is 0 Å². The lowest BCUT2D eigenvalue weighted by molar-refractivity contribution is 0.0922. The van der Waals surface area contributed by atoms with Crippen molar-refractivity contribution in [1.82, 2.24) is 15.0 Å². The first-order valence-corrected chi connectivity index (χ1v) is 6.46. The fourth-order valence-corrected chi connectivity index (χ4v) is 2.28. The van der Waals surface area contributed by atoms with Gasteiger partial charge in [-0.05, 0) is 12.8 Å². The van der Waals surface area contributed by atoms with Crippen LogP contribution in [0.5, 0.6) is 0 Å². The van der Waals surface area contributed by atoms with Gasteiger partial charge in [0.25, 0.3) is 0 Å². The summed E-state index contributed by atoms with van der Waals surface area (Å²) in [5.41, 5.74) is 1.92. The van der Waals surface area contributed by atoms with E-state index in [0.717, 1.165) is 43.8 Å². The number of halogens is 1. The van der Waals surface area contributed by atoms with E-state index in [4.69, 9.17) is 21.1 Å². The predicted octanol–water partition coefficient (Wildman–Crippen LogP) is 1.38. The molecule has 0 saturated carbocycles. The summed E-state index contributed by atoms with van der Waals surface area (Å²) in [5.74, 6) is 0.393. The molecule has 0 aliphatic carbocycles. The third kappa shape index (κ3) is 3.18. The first-order valence-electron chi connectivity index (χ1n) is 5.93. The molecule has 1 aliphatic heterocycles. The number of alkyl halides is 1. The molecule has 17 heavy (non-hydrogen) atoms. The van der Waals surface area contributed by atoms with E-state index in [1.54, 1.807) is 7.11 Å². The molecule has 0 bridgehead atoms. The van der Waals surface area contributed by atoms with Gasteiger partial charge in [-0.15, -0.1) is 16.7 Å². The van der Waals surface area contributed by atoms with Crippen molar-refractivity contribution in [2.24, 2.45) is 0 Å². The summed E-state index contributed by atoms with van der Waals surface area (Å²) in [6.45, 7) is 2.28. The molecule has 1 saturated heterocycles. The standard InChI is InChI=1S/C11H18ClN3O2/c1-16-6-4-11-10(7-12)13-14-15(11)8-9-3-2-5-17-9/h9H,2-8H2,1H3. The van der Waals surface area contributed by atoms with E-state index in [-0.39, 0.29) is 6.10 Å². The first kappa shape index (κ1) is 12.8. The number of hydrogen-bond donors (Lipinski definition) is 0. The molecule has 5 nitrogen and oxygen atoms in total. The number of nitrogens with zero attached hydrogens (tertiary/aromatic N) is 3. The Morgan fingerprint density at radius 1 is 1.59 bits per heavy atom. The van der Waals surface area contributed by atoms with Gasteiger partial charge in [-0.2, -0.15) is 0 Å². The summed E-state index contributed by atoms with van der Waals surface area (Å²) in [7, 11) is 1.69. The molecule has 1 aromatic heterocycles. The molecule has 1 aliphatic rings. The van der Waals surface area contributed by atoms with Gasteiger partial charge in [0.05, 0.1) is 30.8 Å². The van der Waals surface area contributed by atoms with Crippen molar-refractivity contribution in [1.29, 1.82) is 0 Å². The molecule has 0 spiro atoms. The van der Waals surface area contributed by atoms with Crippen LogP contribution in [-0.4, -0.2) is 41.4 Å². The highest BCUT2D eigenvalue weighted by Gasteiger charge is 2.19. The van der Waals surface area contributed by atoms with Gasteiger partial charge in [0.1, 0.15) is 5.69 Å². The van der Waals surface area contributed by atoms with Gasteiger partial charge in [0.2, 0.25) is 0 Å². The summed E-state index contributed by atoms with van der Waals surface area (Å²) in [6, 6.07) is 0. The van der Waals surface area contributed by atoms with Crippen molar-refractivity contribution < 1.29 is 9.47 Å². The number of rotatable bonds is 6. The Bertz CT molecular complexity index is 350. The smallest absolute Gasteiger partial charge is 0.101 e. The zero-order chi connectivity index (χ0) is 12.1. The van der Waals surface area contributed by atoms with Gasteiger partial charge >= 0.3 is 0 Å². The van der Waals surface area contributed by atoms with Crippen LogP contribution in [0.25, 0.3) is 0 Å². The van der Waals surface area contributed by atoms with Gasteiger partial charge in [-0.1, -0.05) is 5.21 Å². The quantitative estimate of drug-likeness (QED) is 0.725. The minimum absolute atomic E-state index is 0.265. The van der Waals surface area contributed by atoms with E-state index in [2.05, 4.69) is 10.3 Å². The molecule has 0 amide bonds. The SMILES string of the molecule is COCCc1c(CCl)nnn1CC1CCCO1. The Kier molecular flexibility index (Phi) is 4.76.